The summed E-state index contributed by atoms with van der Waals surface area (Å²) in [7, 11) is 1.46. The van der Waals surface area contributed by atoms with Gasteiger partial charge in [-0.2, -0.15) is 13.2 Å². The number of nitrogens with zero attached hydrogens (tertiary/aromatic N) is 4. The highest BCUT2D eigenvalue weighted by Gasteiger charge is 2.35. The summed E-state index contributed by atoms with van der Waals surface area (Å²) >= 11 is 6.01. The Morgan fingerprint density at radius 3 is 2.64 bits per heavy atom. The number of carbonyl (C=O) groups is 1. The molecular weight excluding hydrogens is 537 g/mol. The number of alkyl halides is 3. The molecule has 0 aromatic heterocycles. The molecule has 1 unspecified atom stereocenters. The van der Waals surface area contributed by atoms with E-state index in [0.717, 1.165) is 6.07 Å². The average molecular weight is 567 g/mol. The number of amidine groups is 2. The standard InChI is InChI=1S/C26H30ClF3N6O3/c1-38-22-13-16(25(37)35-8-10-39-11-9-35)2-5-20(22)34-23(31)14-21-24(32)33-6-7-36(21)15-17-12-18(27)3-4-19(17)26(28,29)30/h2-5,12-13,21H,6-11,14-15H2,1H3,(H2,31,34)(H2,32,33). The molecule has 4 rings (SSSR count). The predicted octanol–water partition coefficient (Wildman–Crippen LogP) is 3.46. The Morgan fingerprint density at radius 2 is 1.95 bits per heavy atom. The fourth-order valence-corrected chi connectivity index (χ4v) is 4.81. The van der Waals surface area contributed by atoms with Crippen molar-refractivity contribution in [3.8, 4) is 5.75 Å². The van der Waals surface area contributed by atoms with Gasteiger partial charge in [-0.3, -0.25) is 14.7 Å². The van der Waals surface area contributed by atoms with Crippen LogP contribution in [-0.2, 0) is 17.5 Å². The van der Waals surface area contributed by atoms with E-state index in [9.17, 15) is 18.0 Å². The number of nitrogens with two attached hydrogens (primary N) is 2. The number of methoxy groups -OCH3 is 1. The van der Waals surface area contributed by atoms with Gasteiger partial charge in [0.15, 0.2) is 0 Å². The minimum Gasteiger partial charge on any atom is -0.494 e. The van der Waals surface area contributed by atoms with Crippen molar-refractivity contribution < 1.29 is 27.4 Å². The molecule has 1 saturated heterocycles. The summed E-state index contributed by atoms with van der Waals surface area (Å²) in [5.41, 5.74) is 12.6. The molecule has 1 fully saturated rings. The number of amides is 1. The van der Waals surface area contributed by atoms with Gasteiger partial charge in [-0.15, -0.1) is 0 Å². The third-order valence-corrected chi connectivity index (χ3v) is 6.84. The van der Waals surface area contributed by atoms with E-state index >= 15 is 0 Å². The van der Waals surface area contributed by atoms with Crippen molar-refractivity contribution in [3.05, 3.63) is 58.1 Å². The fraction of sp³-hybridized carbons (Fsp3) is 0.423. The molecule has 2 aliphatic rings. The molecule has 2 aliphatic heterocycles. The Kier molecular flexibility index (Phi) is 8.98. The third kappa shape index (κ3) is 7.00. The Morgan fingerprint density at radius 1 is 1.21 bits per heavy atom. The molecule has 2 aromatic carbocycles. The Balaban J connectivity index is 1.54. The molecule has 0 saturated carbocycles. The van der Waals surface area contributed by atoms with Crippen LogP contribution in [0.5, 0.6) is 5.75 Å². The highest BCUT2D eigenvalue weighted by Crippen LogP contribution is 2.35. The maximum Gasteiger partial charge on any atom is 0.416 e. The maximum absolute atomic E-state index is 13.6. The Bertz CT molecular complexity index is 1260. The van der Waals surface area contributed by atoms with Crippen molar-refractivity contribution in [1.29, 1.82) is 0 Å². The summed E-state index contributed by atoms with van der Waals surface area (Å²) in [6.45, 7) is 2.66. The molecule has 0 bridgehead atoms. The minimum absolute atomic E-state index is 0.0346. The van der Waals surface area contributed by atoms with Crippen molar-refractivity contribution in [1.82, 2.24) is 9.80 Å². The predicted molar refractivity (Wildman–Crippen MR) is 143 cm³/mol. The molecule has 9 nitrogen and oxygen atoms in total. The van der Waals surface area contributed by atoms with Crippen LogP contribution in [0.15, 0.2) is 46.4 Å². The monoisotopic (exact) mass is 566 g/mol. The molecule has 39 heavy (non-hydrogen) atoms. The van der Waals surface area contributed by atoms with Gasteiger partial charge in [-0.25, -0.2) is 4.99 Å². The lowest BCUT2D eigenvalue weighted by Crippen LogP contribution is -2.50. The van der Waals surface area contributed by atoms with Gasteiger partial charge in [-0.05, 0) is 42.0 Å². The van der Waals surface area contributed by atoms with Gasteiger partial charge < -0.3 is 25.8 Å². The number of aliphatic imine (C=N–C) groups is 2. The average Bonchev–Trinajstić information content (AvgIpc) is 2.90. The fourth-order valence-electron chi connectivity index (χ4n) is 4.62. The summed E-state index contributed by atoms with van der Waals surface area (Å²) < 4.78 is 51.6. The van der Waals surface area contributed by atoms with Gasteiger partial charge in [-0.1, -0.05) is 11.6 Å². The topological polar surface area (TPSA) is 119 Å². The first-order valence-electron chi connectivity index (χ1n) is 12.3. The smallest absolute Gasteiger partial charge is 0.416 e. The zero-order valence-corrected chi connectivity index (χ0v) is 22.1. The maximum atomic E-state index is 13.6. The summed E-state index contributed by atoms with van der Waals surface area (Å²) in [5, 5.41) is 0.205. The first kappa shape index (κ1) is 28.7. The Labute approximate surface area is 229 Å². The molecule has 210 valence electrons. The normalized spacial score (nSPS) is 19.1. The number of carbonyl (C=O) groups excluding carboxylic acids is 1. The molecule has 0 aliphatic carbocycles. The number of hydrogen-bond acceptors (Lipinski definition) is 7. The Hall–Kier alpha value is -3.35. The van der Waals surface area contributed by atoms with Gasteiger partial charge in [0.1, 0.15) is 23.1 Å². The van der Waals surface area contributed by atoms with Crippen molar-refractivity contribution in [2.24, 2.45) is 21.5 Å². The zero-order chi connectivity index (χ0) is 28.2. The molecule has 1 atom stereocenters. The van der Waals surface area contributed by atoms with Gasteiger partial charge in [0.05, 0.1) is 38.5 Å². The minimum atomic E-state index is -4.53. The molecule has 0 radical (unpaired) electrons. The molecule has 2 aromatic rings. The summed E-state index contributed by atoms with van der Waals surface area (Å²) in [6, 6.07) is 7.81. The highest BCUT2D eigenvalue weighted by atomic mass is 35.5. The van der Waals surface area contributed by atoms with Crippen LogP contribution in [0, 0.1) is 0 Å². The van der Waals surface area contributed by atoms with Gasteiger partial charge in [0.25, 0.3) is 5.91 Å². The van der Waals surface area contributed by atoms with E-state index in [-0.39, 0.29) is 41.1 Å². The van der Waals surface area contributed by atoms with Gasteiger partial charge in [0, 0.05) is 43.2 Å². The van der Waals surface area contributed by atoms with E-state index in [1.54, 1.807) is 28.0 Å². The van der Waals surface area contributed by atoms with E-state index in [2.05, 4.69) is 9.98 Å². The van der Waals surface area contributed by atoms with Crippen LogP contribution >= 0.6 is 11.6 Å². The molecule has 2 heterocycles. The van der Waals surface area contributed by atoms with E-state index in [1.165, 1.54) is 19.2 Å². The van der Waals surface area contributed by atoms with Crippen molar-refractivity contribution >= 4 is 34.9 Å². The quantitative estimate of drug-likeness (QED) is 0.391. The molecule has 0 spiro atoms. The second-order valence-electron chi connectivity index (χ2n) is 9.19. The lowest BCUT2D eigenvalue weighted by atomic mass is 10.0. The van der Waals surface area contributed by atoms with E-state index in [4.69, 9.17) is 32.5 Å². The van der Waals surface area contributed by atoms with Gasteiger partial charge in [0.2, 0.25) is 0 Å². The molecule has 4 N–H and O–H groups in total. The van der Waals surface area contributed by atoms with Crippen LogP contribution in [0.2, 0.25) is 5.02 Å². The van der Waals surface area contributed by atoms with Crippen molar-refractivity contribution in [2.45, 2.75) is 25.2 Å². The second-order valence-corrected chi connectivity index (χ2v) is 9.63. The van der Waals surface area contributed by atoms with Crippen LogP contribution in [0.3, 0.4) is 0 Å². The third-order valence-electron chi connectivity index (χ3n) is 6.60. The van der Waals surface area contributed by atoms with E-state index in [1.807, 2.05) is 0 Å². The number of morpholine rings is 1. The lowest BCUT2D eigenvalue weighted by molar-refractivity contribution is -0.138. The number of halogens is 4. The highest BCUT2D eigenvalue weighted by molar-refractivity contribution is 6.30. The van der Waals surface area contributed by atoms with Crippen molar-refractivity contribution in [3.63, 3.8) is 0 Å². The SMILES string of the molecule is COc1cc(C(=O)N2CCOCC2)ccc1N=C(N)CC1C(N)=NCCN1Cc1cc(Cl)ccc1C(F)(F)F. The van der Waals surface area contributed by atoms with Crippen molar-refractivity contribution in [2.75, 3.05) is 46.5 Å². The number of ether oxygens (including phenoxy) is 2. The molecular formula is C26H30ClF3N6O3. The van der Waals surface area contributed by atoms with Gasteiger partial charge >= 0.3 is 6.18 Å². The van der Waals surface area contributed by atoms with E-state index in [0.29, 0.717) is 56.4 Å². The number of hydrogen-bond donors (Lipinski definition) is 2. The van der Waals surface area contributed by atoms with Crippen LogP contribution in [0.1, 0.15) is 27.9 Å². The lowest BCUT2D eigenvalue weighted by Gasteiger charge is -2.34. The molecule has 13 heteroatoms. The largest absolute Gasteiger partial charge is 0.494 e. The summed E-state index contributed by atoms with van der Waals surface area (Å²) in [6.07, 6.45) is -4.41. The van der Waals surface area contributed by atoms with Crippen LogP contribution in [0.4, 0.5) is 18.9 Å². The van der Waals surface area contributed by atoms with E-state index < -0.39 is 17.8 Å². The van der Waals surface area contributed by atoms with Crippen LogP contribution < -0.4 is 16.2 Å². The first-order chi connectivity index (χ1) is 18.6. The molecule has 1 amide bonds. The first-order valence-corrected chi connectivity index (χ1v) is 12.7. The second kappa shape index (κ2) is 12.2. The van der Waals surface area contributed by atoms with Crippen LogP contribution in [-0.4, -0.2) is 79.9 Å². The summed E-state index contributed by atoms with van der Waals surface area (Å²) in [4.78, 5) is 25.1. The zero-order valence-electron chi connectivity index (χ0n) is 21.4. The number of rotatable bonds is 7. The number of benzene rings is 2. The summed E-state index contributed by atoms with van der Waals surface area (Å²) in [5.74, 6) is 0.653. The van der Waals surface area contributed by atoms with Crippen LogP contribution in [0.25, 0.3) is 0 Å².